The molecule has 0 aliphatic heterocycles. The lowest BCUT2D eigenvalue weighted by Gasteiger charge is -2.26. The summed E-state index contributed by atoms with van der Waals surface area (Å²) in [7, 11) is 1.23. The van der Waals surface area contributed by atoms with Crippen LogP contribution in [-0.2, 0) is 25.7 Å². The maximum atomic E-state index is 12.4. The van der Waals surface area contributed by atoms with E-state index in [0.717, 1.165) is 5.56 Å². The van der Waals surface area contributed by atoms with Crippen LogP contribution in [0.1, 0.15) is 39.2 Å². The smallest absolute Gasteiger partial charge is 0.408 e. The normalized spacial score (nSPS) is 13.9. The number of ether oxygens (including phenoxy) is 2. The third-order valence-corrected chi connectivity index (χ3v) is 4.06. The Hall–Kier alpha value is -2.61. The number of nitrogens with one attached hydrogen (secondary N) is 2. The summed E-state index contributed by atoms with van der Waals surface area (Å²) in [6, 6.07) is 7.66. The van der Waals surface area contributed by atoms with Gasteiger partial charge in [0.25, 0.3) is 0 Å². The lowest BCUT2D eigenvalue weighted by Crippen LogP contribution is -2.52. The first-order chi connectivity index (χ1) is 13.2. The second kappa shape index (κ2) is 12.0. The molecule has 0 fully saturated rings. The molecule has 3 atom stereocenters. The van der Waals surface area contributed by atoms with Crippen molar-refractivity contribution in [3.8, 4) is 0 Å². The van der Waals surface area contributed by atoms with Crippen LogP contribution >= 0.6 is 0 Å². The number of aliphatic hydroxyl groups excluding tert-OH is 1. The SMILES string of the molecule is COC(=O)C[C@H](O)[C@H](CC(C)C)NC(=O)[C@H](C)NC(=O)OCc1ccccc1. The van der Waals surface area contributed by atoms with Gasteiger partial charge in [0, 0.05) is 0 Å². The van der Waals surface area contributed by atoms with E-state index in [4.69, 9.17) is 4.74 Å². The highest BCUT2D eigenvalue weighted by Crippen LogP contribution is 2.12. The van der Waals surface area contributed by atoms with E-state index in [-0.39, 0.29) is 18.9 Å². The fraction of sp³-hybridized carbons (Fsp3) is 0.550. The fourth-order valence-corrected chi connectivity index (χ4v) is 2.53. The molecule has 0 aliphatic rings. The van der Waals surface area contributed by atoms with E-state index in [1.807, 2.05) is 44.2 Å². The Balaban J connectivity index is 2.55. The summed E-state index contributed by atoms with van der Waals surface area (Å²) < 4.78 is 9.65. The minimum absolute atomic E-state index is 0.0921. The summed E-state index contributed by atoms with van der Waals surface area (Å²) >= 11 is 0. The van der Waals surface area contributed by atoms with Gasteiger partial charge in [0.15, 0.2) is 0 Å². The first-order valence-corrected chi connectivity index (χ1v) is 9.25. The molecule has 1 rings (SSSR count). The molecule has 0 unspecified atom stereocenters. The largest absolute Gasteiger partial charge is 0.469 e. The molecule has 0 aliphatic carbocycles. The zero-order valence-corrected chi connectivity index (χ0v) is 16.8. The Bertz CT molecular complexity index is 635. The number of rotatable bonds is 10. The topological polar surface area (TPSA) is 114 Å². The number of esters is 1. The molecule has 0 heterocycles. The van der Waals surface area contributed by atoms with Crippen molar-refractivity contribution in [2.24, 2.45) is 5.92 Å². The molecule has 1 aromatic rings. The van der Waals surface area contributed by atoms with E-state index < -0.39 is 36.2 Å². The Morgan fingerprint density at radius 3 is 2.29 bits per heavy atom. The Morgan fingerprint density at radius 1 is 1.07 bits per heavy atom. The standard InChI is InChI=1S/C20H30N2O6/c1-13(2)10-16(17(23)11-18(24)27-4)22-19(25)14(3)21-20(26)28-12-15-8-6-5-7-9-15/h5-9,13-14,16-17,23H,10-12H2,1-4H3,(H,21,26)(H,22,25)/t14-,16-,17-/m0/s1. The van der Waals surface area contributed by atoms with Crippen LogP contribution in [0.2, 0.25) is 0 Å². The van der Waals surface area contributed by atoms with Crippen molar-refractivity contribution in [1.29, 1.82) is 0 Å². The number of carbonyl (C=O) groups is 3. The van der Waals surface area contributed by atoms with Gasteiger partial charge in [0.05, 0.1) is 25.7 Å². The molecule has 0 saturated heterocycles. The monoisotopic (exact) mass is 394 g/mol. The zero-order valence-electron chi connectivity index (χ0n) is 16.8. The predicted octanol–water partition coefficient (Wildman–Crippen LogP) is 1.76. The molecule has 8 heteroatoms. The molecule has 0 saturated carbocycles. The molecule has 0 bridgehead atoms. The summed E-state index contributed by atoms with van der Waals surface area (Å²) in [6.45, 7) is 5.48. The van der Waals surface area contributed by atoms with E-state index in [1.54, 1.807) is 0 Å². The first-order valence-electron chi connectivity index (χ1n) is 9.25. The van der Waals surface area contributed by atoms with Gasteiger partial charge < -0.3 is 25.2 Å². The maximum Gasteiger partial charge on any atom is 0.408 e. The van der Waals surface area contributed by atoms with Crippen molar-refractivity contribution in [3.63, 3.8) is 0 Å². The van der Waals surface area contributed by atoms with E-state index in [2.05, 4.69) is 15.4 Å². The quantitative estimate of drug-likeness (QED) is 0.521. The summed E-state index contributed by atoms with van der Waals surface area (Å²) in [5.41, 5.74) is 0.831. The van der Waals surface area contributed by atoms with Gasteiger partial charge in [-0.3, -0.25) is 9.59 Å². The predicted molar refractivity (Wildman–Crippen MR) is 103 cm³/mol. The number of hydrogen-bond acceptors (Lipinski definition) is 6. The van der Waals surface area contributed by atoms with Gasteiger partial charge in [0.2, 0.25) is 5.91 Å². The van der Waals surface area contributed by atoms with Crippen molar-refractivity contribution < 1.29 is 29.0 Å². The Kier molecular flexibility index (Phi) is 10.0. The molecule has 0 spiro atoms. The third kappa shape index (κ3) is 8.85. The van der Waals surface area contributed by atoms with E-state index >= 15 is 0 Å². The number of hydrogen-bond donors (Lipinski definition) is 3. The molecule has 8 nitrogen and oxygen atoms in total. The van der Waals surface area contributed by atoms with Crippen LogP contribution in [0.25, 0.3) is 0 Å². The van der Waals surface area contributed by atoms with Crippen LogP contribution in [0.15, 0.2) is 30.3 Å². The second-order valence-electron chi connectivity index (χ2n) is 7.02. The van der Waals surface area contributed by atoms with Crippen LogP contribution in [0, 0.1) is 5.92 Å². The Morgan fingerprint density at radius 2 is 1.71 bits per heavy atom. The van der Waals surface area contributed by atoms with Crippen molar-refractivity contribution in [2.45, 2.75) is 58.4 Å². The number of alkyl carbamates (subject to hydrolysis) is 1. The molecule has 28 heavy (non-hydrogen) atoms. The number of aliphatic hydroxyl groups is 1. The summed E-state index contributed by atoms with van der Waals surface area (Å²) in [6.07, 6.45) is -1.57. The van der Waals surface area contributed by atoms with Gasteiger partial charge in [-0.15, -0.1) is 0 Å². The van der Waals surface area contributed by atoms with Crippen molar-refractivity contribution in [2.75, 3.05) is 7.11 Å². The molecule has 0 radical (unpaired) electrons. The Labute approximate surface area is 165 Å². The van der Waals surface area contributed by atoms with Crippen molar-refractivity contribution in [3.05, 3.63) is 35.9 Å². The molecule has 0 aromatic heterocycles. The molecule has 3 N–H and O–H groups in total. The number of methoxy groups -OCH3 is 1. The number of carbonyl (C=O) groups excluding carboxylic acids is 3. The van der Waals surface area contributed by atoms with Gasteiger partial charge in [-0.05, 0) is 24.8 Å². The molecule has 2 amide bonds. The summed E-state index contributed by atoms with van der Waals surface area (Å²) in [5.74, 6) is -0.867. The van der Waals surface area contributed by atoms with E-state index in [9.17, 15) is 19.5 Å². The molecular weight excluding hydrogens is 364 g/mol. The van der Waals surface area contributed by atoms with Crippen molar-refractivity contribution >= 4 is 18.0 Å². The highest BCUT2D eigenvalue weighted by molar-refractivity contribution is 5.85. The first kappa shape index (κ1) is 23.4. The van der Waals surface area contributed by atoms with Gasteiger partial charge in [0.1, 0.15) is 12.6 Å². The van der Waals surface area contributed by atoms with E-state index in [0.29, 0.717) is 6.42 Å². The van der Waals surface area contributed by atoms with Gasteiger partial charge in [-0.25, -0.2) is 4.79 Å². The zero-order chi connectivity index (χ0) is 21.1. The lowest BCUT2D eigenvalue weighted by molar-refractivity contribution is -0.143. The highest BCUT2D eigenvalue weighted by Gasteiger charge is 2.27. The van der Waals surface area contributed by atoms with Crippen LogP contribution < -0.4 is 10.6 Å². The highest BCUT2D eigenvalue weighted by atomic mass is 16.5. The lowest BCUT2D eigenvalue weighted by atomic mass is 9.97. The fourth-order valence-electron chi connectivity index (χ4n) is 2.53. The average Bonchev–Trinajstić information content (AvgIpc) is 2.65. The second-order valence-corrected chi connectivity index (χ2v) is 7.02. The van der Waals surface area contributed by atoms with Crippen molar-refractivity contribution in [1.82, 2.24) is 10.6 Å². The van der Waals surface area contributed by atoms with Crippen LogP contribution in [0.3, 0.4) is 0 Å². The minimum Gasteiger partial charge on any atom is -0.469 e. The van der Waals surface area contributed by atoms with Gasteiger partial charge >= 0.3 is 12.1 Å². The van der Waals surface area contributed by atoms with Crippen LogP contribution in [0.5, 0.6) is 0 Å². The maximum absolute atomic E-state index is 12.4. The molecule has 156 valence electrons. The molecule has 1 aromatic carbocycles. The number of amides is 2. The third-order valence-electron chi connectivity index (χ3n) is 4.06. The average molecular weight is 394 g/mol. The molecular formula is C20H30N2O6. The van der Waals surface area contributed by atoms with Gasteiger partial charge in [-0.1, -0.05) is 44.2 Å². The summed E-state index contributed by atoms with van der Waals surface area (Å²) in [5, 5.41) is 15.4. The van der Waals surface area contributed by atoms with Crippen LogP contribution in [0.4, 0.5) is 4.79 Å². The van der Waals surface area contributed by atoms with E-state index in [1.165, 1.54) is 14.0 Å². The van der Waals surface area contributed by atoms with Gasteiger partial charge in [-0.2, -0.15) is 0 Å². The summed E-state index contributed by atoms with van der Waals surface area (Å²) in [4.78, 5) is 35.7. The minimum atomic E-state index is -1.09. The van der Waals surface area contributed by atoms with Crippen LogP contribution in [-0.4, -0.2) is 48.4 Å². The number of benzene rings is 1.